The molecule has 11 nitrogen and oxygen atoms in total. The number of benzene rings is 5. The van der Waals surface area contributed by atoms with Crippen LogP contribution in [0.25, 0.3) is 10.8 Å². The average molecular weight is 598 g/mol. The minimum atomic E-state index is -4.81. The van der Waals surface area contributed by atoms with E-state index in [-0.39, 0.29) is 11.4 Å². The van der Waals surface area contributed by atoms with Crippen LogP contribution in [0.4, 0.5) is 34.1 Å². The molecule has 0 saturated carbocycles. The molecule has 0 atom stereocenters. The van der Waals surface area contributed by atoms with Crippen LogP contribution >= 0.6 is 0 Å². The standard InChI is InChI=1S/C31H27N5O6S/c1-19-9-11-22(12-10-19)33-34-25-17-28(42-3)26(18-27(25)41-2)35-36-30-29(43(38,39)40)16-20-15-23(13-14-24(20)31(30)37)32-21-7-5-4-6-8-21/h4-18,32,37H,1-3H3,(H,38,39,40)/b34-33+,36-35+. The van der Waals surface area contributed by atoms with Crippen molar-refractivity contribution in [1.29, 1.82) is 0 Å². The normalized spacial score (nSPS) is 11.8. The molecule has 0 unspecified atom stereocenters. The highest BCUT2D eigenvalue weighted by molar-refractivity contribution is 7.86. The van der Waals surface area contributed by atoms with E-state index < -0.39 is 26.5 Å². The molecule has 0 aliphatic carbocycles. The van der Waals surface area contributed by atoms with E-state index in [1.165, 1.54) is 32.4 Å². The van der Waals surface area contributed by atoms with E-state index in [1.807, 2.05) is 61.5 Å². The Balaban J connectivity index is 1.54. The zero-order valence-corrected chi connectivity index (χ0v) is 24.2. The van der Waals surface area contributed by atoms with Gasteiger partial charge in [0.1, 0.15) is 33.5 Å². The van der Waals surface area contributed by atoms with Gasteiger partial charge in [0.25, 0.3) is 10.1 Å². The largest absolute Gasteiger partial charge is 0.505 e. The lowest BCUT2D eigenvalue weighted by atomic mass is 10.1. The molecule has 0 amide bonds. The summed E-state index contributed by atoms with van der Waals surface area (Å²) in [5.74, 6) is 0.0455. The fourth-order valence-electron chi connectivity index (χ4n) is 4.26. The Labute approximate surface area is 247 Å². The Bertz CT molecular complexity index is 1960. The lowest BCUT2D eigenvalue weighted by Crippen LogP contribution is -1.99. The predicted octanol–water partition coefficient (Wildman–Crippen LogP) is 8.69. The molecule has 0 fully saturated rings. The molecule has 0 saturated heterocycles. The number of anilines is 2. The van der Waals surface area contributed by atoms with Gasteiger partial charge in [0.15, 0.2) is 5.75 Å². The van der Waals surface area contributed by atoms with Crippen LogP contribution in [0.1, 0.15) is 5.56 Å². The first-order valence-electron chi connectivity index (χ1n) is 12.9. The number of hydrogen-bond acceptors (Lipinski definition) is 10. The van der Waals surface area contributed by atoms with Crippen molar-refractivity contribution in [3.63, 3.8) is 0 Å². The molecule has 12 heteroatoms. The third-order valence-corrected chi connectivity index (χ3v) is 7.30. The Kier molecular flexibility index (Phi) is 8.32. The van der Waals surface area contributed by atoms with Crippen molar-refractivity contribution in [3.05, 3.63) is 96.6 Å². The van der Waals surface area contributed by atoms with Crippen LogP contribution < -0.4 is 14.8 Å². The Morgan fingerprint density at radius 2 is 1.35 bits per heavy atom. The molecule has 0 aliphatic rings. The number of phenols is 1. The third-order valence-electron chi connectivity index (χ3n) is 6.44. The maximum atomic E-state index is 12.4. The van der Waals surface area contributed by atoms with Gasteiger partial charge in [-0.2, -0.15) is 13.5 Å². The smallest absolute Gasteiger partial charge is 0.296 e. The number of phenolic OH excluding ortho intramolecular Hbond substituents is 1. The van der Waals surface area contributed by atoms with E-state index in [0.717, 1.165) is 11.3 Å². The van der Waals surface area contributed by atoms with Gasteiger partial charge in [-0.1, -0.05) is 35.9 Å². The molecule has 3 N–H and O–H groups in total. The van der Waals surface area contributed by atoms with Crippen molar-refractivity contribution < 1.29 is 27.6 Å². The minimum Gasteiger partial charge on any atom is -0.505 e. The van der Waals surface area contributed by atoms with Gasteiger partial charge in [-0.05, 0) is 60.8 Å². The van der Waals surface area contributed by atoms with Gasteiger partial charge >= 0.3 is 0 Å². The first-order chi connectivity index (χ1) is 20.7. The van der Waals surface area contributed by atoms with E-state index >= 15 is 0 Å². The van der Waals surface area contributed by atoms with Crippen molar-refractivity contribution in [2.24, 2.45) is 20.5 Å². The summed E-state index contributed by atoms with van der Waals surface area (Å²) >= 11 is 0. The number of nitrogens with zero attached hydrogens (tertiary/aromatic N) is 4. The van der Waals surface area contributed by atoms with Gasteiger partial charge in [-0.25, -0.2) is 0 Å². The zero-order chi connectivity index (χ0) is 30.6. The van der Waals surface area contributed by atoms with Crippen molar-refractivity contribution in [3.8, 4) is 17.2 Å². The van der Waals surface area contributed by atoms with Crippen molar-refractivity contribution in [2.45, 2.75) is 11.8 Å². The molecule has 0 radical (unpaired) electrons. The summed E-state index contributed by atoms with van der Waals surface area (Å²) in [6.07, 6.45) is 0. The Hall–Kier alpha value is -5.33. The number of nitrogens with one attached hydrogen (secondary N) is 1. The van der Waals surface area contributed by atoms with Gasteiger partial charge in [0.2, 0.25) is 0 Å². The molecule has 5 aromatic rings. The second-order valence-corrected chi connectivity index (χ2v) is 10.8. The van der Waals surface area contributed by atoms with Crippen molar-refractivity contribution in [2.75, 3.05) is 19.5 Å². The van der Waals surface area contributed by atoms with Crippen LogP contribution in [0, 0.1) is 6.92 Å². The summed E-state index contributed by atoms with van der Waals surface area (Å²) in [5.41, 5.74) is 3.25. The molecule has 218 valence electrons. The molecule has 0 bridgehead atoms. The quantitative estimate of drug-likeness (QED) is 0.113. The monoisotopic (exact) mass is 597 g/mol. The number of hydrogen-bond donors (Lipinski definition) is 3. The lowest BCUT2D eigenvalue weighted by Gasteiger charge is -2.12. The molecule has 5 aromatic carbocycles. The van der Waals surface area contributed by atoms with Gasteiger partial charge in [-0.15, -0.1) is 15.3 Å². The molecule has 0 aliphatic heterocycles. The van der Waals surface area contributed by atoms with Gasteiger partial charge in [0, 0.05) is 28.9 Å². The van der Waals surface area contributed by atoms with Gasteiger partial charge < -0.3 is 19.9 Å². The second kappa shape index (κ2) is 12.3. The first-order valence-corrected chi connectivity index (χ1v) is 14.4. The Morgan fingerprint density at radius 1 is 0.721 bits per heavy atom. The zero-order valence-electron chi connectivity index (χ0n) is 23.4. The molecule has 0 spiro atoms. The number of rotatable bonds is 9. The van der Waals surface area contributed by atoms with Crippen LogP contribution in [-0.4, -0.2) is 32.3 Å². The fraction of sp³-hybridized carbons (Fsp3) is 0.0968. The van der Waals surface area contributed by atoms with E-state index in [1.54, 1.807) is 18.2 Å². The number of methoxy groups -OCH3 is 2. The summed E-state index contributed by atoms with van der Waals surface area (Å²) in [7, 11) is -1.95. The second-order valence-electron chi connectivity index (χ2n) is 9.41. The highest BCUT2D eigenvalue weighted by Crippen LogP contribution is 2.45. The Morgan fingerprint density at radius 3 is 1.95 bits per heavy atom. The lowest BCUT2D eigenvalue weighted by molar-refractivity contribution is 0.405. The average Bonchev–Trinajstić information content (AvgIpc) is 3.00. The third kappa shape index (κ3) is 6.61. The summed E-state index contributed by atoms with van der Waals surface area (Å²) in [6.45, 7) is 1.97. The van der Waals surface area contributed by atoms with Gasteiger partial charge in [0.05, 0.1) is 19.9 Å². The molecular weight excluding hydrogens is 570 g/mol. The summed E-state index contributed by atoms with van der Waals surface area (Å²) < 4.78 is 45.7. The summed E-state index contributed by atoms with van der Waals surface area (Å²) in [5, 5.41) is 31.6. The molecule has 5 rings (SSSR count). The molecule has 0 aromatic heterocycles. The maximum absolute atomic E-state index is 12.4. The first kappa shape index (κ1) is 29.2. The highest BCUT2D eigenvalue weighted by atomic mass is 32.2. The van der Waals surface area contributed by atoms with Gasteiger partial charge in [-0.3, -0.25) is 4.55 Å². The topological polar surface area (TPSA) is 155 Å². The van der Waals surface area contributed by atoms with E-state index in [9.17, 15) is 18.1 Å². The number of aromatic hydroxyl groups is 1. The van der Waals surface area contributed by atoms with Crippen LogP contribution in [0.2, 0.25) is 0 Å². The predicted molar refractivity (Wildman–Crippen MR) is 164 cm³/mol. The summed E-state index contributed by atoms with van der Waals surface area (Å²) in [6, 6.07) is 26.1. The van der Waals surface area contributed by atoms with Crippen LogP contribution in [-0.2, 0) is 10.1 Å². The van der Waals surface area contributed by atoms with E-state index in [0.29, 0.717) is 33.6 Å². The number of fused-ring (bicyclic) bond motifs is 1. The highest BCUT2D eigenvalue weighted by Gasteiger charge is 2.22. The van der Waals surface area contributed by atoms with Crippen LogP contribution in [0.15, 0.2) is 116 Å². The SMILES string of the molecule is COc1cc(/N=N/c2c(S(=O)(=O)O)cc3cc(Nc4ccccc4)ccc3c2O)c(OC)cc1/N=N/c1ccc(C)cc1. The molecule has 0 heterocycles. The fourth-order valence-corrected chi connectivity index (χ4v) is 4.92. The number of aryl methyl sites for hydroxylation is 1. The maximum Gasteiger partial charge on any atom is 0.296 e. The summed E-state index contributed by atoms with van der Waals surface area (Å²) in [4.78, 5) is -0.618. The van der Waals surface area contributed by atoms with Crippen molar-refractivity contribution in [1.82, 2.24) is 0 Å². The minimum absolute atomic E-state index is 0.150. The molecule has 43 heavy (non-hydrogen) atoms. The number of azo groups is 2. The van der Waals surface area contributed by atoms with Crippen molar-refractivity contribution >= 4 is 55.0 Å². The van der Waals surface area contributed by atoms with Crippen LogP contribution in [0.3, 0.4) is 0 Å². The number of para-hydroxylation sites is 1. The molecular formula is C31H27N5O6S. The van der Waals surface area contributed by atoms with E-state index in [4.69, 9.17) is 9.47 Å². The number of ether oxygens (including phenoxy) is 2. The van der Waals surface area contributed by atoms with Crippen LogP contribution in [0.5, 0.6) is 17.2 Å². The van der Waals surface area contributed by atoms with E-state index in [2.05, 4.69) is 25.8 Å².